The Morgan fingerprint density at radius 3 is 2.58 bits per heavy atom. The standard InChI is InChI=1S/C21H24N2O3/c1-3-4-14-22-21(25)17-6-5-7-18(15-17)23-20(24)13-10-16-8-11-19(26-2)12-9-16/h5-13,15H,3-4,14H2,1-2H3,(H,22,25)(H,23,24)/b13-10+. The van der Waals surface area contributed by atoms with Crippen molar-refractivity contribution in [3.8, 4) is 5.75 Å². The van der Waals surface area contributed by atoms with Crippen molar-refractivity contribution in [3.63, 3.8) is 0 Å². The van der Waals surface area contributed by atoms with Crippen LogP contribution in [0.2, 0.25) is 0 Å². The van der Waals surface area contributed by atoms with Crippen molar-refractivity contribution >= 4 is 23.6 Å². The molecule has 2 aromatic rings. The van der Waals surface area contributed by atoms with Gasteiger partial charge in [-0.3, -0.25) is 9.59 Å². The number of carbonyl (C=O) groups is 2. The third-order valence-electron chi connectivity index (χ3n) is 3.75. The summed E-state index contributed by atoms with van der Waals surface area (Å²) in [4.78, 5) is 24.2. The molecule has 2 rings (SSSR count). The summed E-state index contributed by atoms with van der Waals surface area (Å²) >= 11 is 0. The fourth-order valence-electron chi connectivity index (χ4n) is 2.29. The van der Waals surface area contributed by atoms with Crippen LogP contribution < -0.4 is 15.4 Å². The van der Waals surface area contributed by atoms with Crippen molar-refractivity contribution in [1.29, 1.82) is 0 Å². The van der Waals surface area contributed by atoms with E-state index in [-0.39, 0.29) is 11.8 Å². The van der Waals surface area contributed by atoms with E-state index >= 15 is 0 Å². The maximum absolute atomic E-state index is 12.1. The van der Waals surface area contributed by atoms with E-state index in [0.29, 0.717) is 17.8 Å². The van der Waals surface area contributed by atoms with Gasteiger partial charge in [0.1, 0.15) is 5.75 Å². The molecule has 0 atom stereocenters. The van der Waals surface area contributed by atoms with Crippen molar-refractivity contribution in [2.75, 3.05) is 19.0 Å². The van der Waals surface area contributed by atoms with Crippen LogP contribution in [0.4, 0.5) is 5.69 Å². The number of hydrogen-bond acceptors (Lipinski definition) is 3. The second-order valence-electron chi connectivity index (χ2n) is 5.79. The van der Waals surface area contributed by atoms with Crippen molar-refractivity contribution in [1.82, 2.24) is 5.32 Å². The molecule has 0 aromatic heterocycles. The lowest BCUT2D eigenvalue weighted by Crippen LogP contribution is -2.24. The van der Waals surface area contributed by atoms with Gasteiger partial charge in [0.05, 0.1) is 7.11 Å². The van der Waals surface area contributed by atoms with Gasteiger partial charge in [-0.1, -0.05) is 31.5 Å². The molecular weight excluding hydrogens is 328 g/mol. The molecule has 2 aromatic carbocycles. The maximum atomic E-state index is 12.1. The summed E-state index contributed by atoms with van der Waals surface area (Å²) in [6, 6.07) is 14.3. The lowest BCUT2D eigenvalue weighted by atomic mass is 10.1. The van der Waals surface area contributed by atoms with Crippen LogP contribution in [0, 0.1) is 0 Å². The molecule has 0 unspecified atom stereocenters. The van der Waals surface area contributed by atoms with Crippen LogP contribution >= 0.6 is 0 Å². The fourth-order valence-corrected chi connectivity index (χ4v) is 2.29. The summed E-state index contributed by atoms with van der Waals surface area (Å²) in [7, 11) is 1.61. The minimum atomic E-state index is -0.260. The number of nitrogens with one attached hydrogen (secondary N) is 2. The van der Waals surface area contributed by atoms with E-state index in [2.05, 4.69) is 17.6 Å². The molecule has 0 spiro atoms. The topological polar surface area (TPSA) is 67.4 Å². The Hall–Kier alpha value is -3.08. The Bertz CT molecular complexity index is 767. The zero-order chi connectivity index (χ0) is 18.8. The van der Waals surface area contributed by atoms with Gasteiger partial charge in [-0.2, -0.15) is 0 Å². The highest BCUT2D eigenvalue weighted by molar-refractivity contribution is 6.03. The van der Waals surface area contributed by atoms with Gasteiger partial charge in [-0.25, -0.2) is 0 Å². The first-order chi connectivity index (χ1) is 12.6. The van der Waals surface area contributed by atoms with Crippen LogP contribution in [0.5, 0.6) is 5.75 Å². The Labute approximate surface area is 154 Å². The minimum absolute atomic E-state index is 0.136. The molecule has 2 N–H and O–H groups in total. The predicted octanol–water partition coefficient (Wildman–Crippen LogP) is 3.88. The Kier molecular flexibility index (Phi) is 7.43. The highest BCUT2D eigenvalue weighted by Crippen LogP contribution is 2.13. The zero-order valence-electron chi connectivity index (χ0n) is 15.1. The highest BCUT2D eigenvalue weighted by Gasteiger charge is 2.06. The molecule has 0 heterocycles. The molecule has 0 aliphatic heterocycles. The lowest BCUT2D eigenvalue weighted by Gasteiger charge is -2.07. The largest absolute Gasteiger partial charge is 0.497 e. The normalized spacial score (nSPS) is 10.5. The summed E-state index contributed by atoms with van der Waals surface area (Å²) in [6.45, 7) is 2.72. The predicted molar refractivity (Wildman–Crippen MR) is 104 cm³/mol. The molecule has 0 saturated carbocycles. The third-order valence-corrected chi connectivity index (χ3v) is 3.75. The number of ether oxygens (including phenoxy) is 1. The van der Waals surface area contributed by atoms with E-state index < -0.39 is 0 Å². The van der Waals surface area contributed by atoms with E-state index in [1.165, 1.54) is 6.08 Å². The SMILES string of the molecule is CCCCNC(=O)c1cccc(NC(=O)/C=C/c2ccc(OC)cc2)c1. The molecule has 0 bridgehead atoms. The van der Waals surface area contributed by atoms with Crippen LogP contribution in [-0.4, -0.2) is 25.5 Å². The molecule has 26 heavy (non-hydrogen) atoms. The van der Waals surface area contributed by atoms with E-state index in [4.69, 9.17) is 4.74 Å². The van der Waals surface area contributed by atoms with E-state index in [1.54, 1.807) is 37.5 Å². The summed E-state index contributed by atoms with van der Waals surface area (Å²) in [5.41, 5.74) is 2.00. The molecule has 2 amide bonds. The number of anilines is 1. The number of carbonyl (C=O) groups excluding carboxylic acids is 2. The van der Waals surface area contributed by atoms with Crippen LogP contribution in [0.15, 0.2) is 54.6 Å². The first kappa shape index (κ1) is 19.2. The van der Waals surface area contributed by atoms with E-state index in [9.17, 15) is 9.59 Å². The number of unbranched alkanes of at least 4 members (excludes halogenated alkanes) is 1. The van der Waals surface area contributed by atoms with Crippen LogP contribution in [-0.2, 0) is 4.79 Å². The molecule has 0 fully saturated rings. The summed E-state index contributed by atoms with van der Waals surface area (Å²) in [5, 5.41) is 5.63. The van der Waals surface area contributed by atoms with Crippen LogP contribution in [0.3, 0.4) is 0 Å². The van der Waals surface area contributed by atoms with Crippen molar-refractivity contribution < 1.29 is 14.3 Å². The minimum Gasteiger partial charge on any atom is -0.497 e. The molecule has 0 aliphatic rings. The summed E-state index contributed by atoms with van der Waals surface area (Å²) in [5.74, 6) is 0.369. The Balaban J connectivity index is 1.94. The maximum Gasteiger partial charge on any atom is 0.251 e. The van der Waals surface area contributed by atoms with Gasteiger partial charge in [0.25, 0.3) is 5.91 Å². The monoisotopic (exact) mass is 352 g/mol. The second kappa shape index (κ2) is 10.0. The van der Waals surface area contributed by atoms with Crippen molar-refractivity contribution in [2.45, 2.75) is 19.8 Å². The third kappa shape index (κ3) is 6.09. The average Bonchev–Trinajstić information content (AvgIpc) is 2.67. The number of hydrogen-bond donors (Lipinski definition) is 2. The van der Waals surface area contributed by atoms with Crippen molar-refractivity contribution in [2.24, 2.45) is 0 Å². The van der Waals surface area contributed by atoms with Crippen molar-refractivity contribution in [3.05, 3.63) is 65.7 Å². The van der Waals surface area contributed by atoms with Gasteiger partial charge in [0, 0.05) is 23.9 Å². The quantitative estimate of drug-likeness (QED) is 0.560. The van der Waals surface area contributed by atoms with Gasteiger partial charge in [-0.05, 0) is 48.4 Å². The van der Waals surface area contributed by atoms with E-state index in [1.807, 2.05) is 24.3 Å². The van der Waals surface area contributed by atoms with Gasteiger partial charge in [-0.15, -0.1) is 0 Å². The molecule has 0 radical (unpaired) electrons. The molecule has 0 saturated heterocycles. The van der Waals surface area contributed by atoms with Crippen LogP contribution in [0.1, 0.15) is 35.7 Å². The average molecular weight is 352 g/mol. The van der Waals surface area contributed by atoms with Gasteiger partial charge >= 0.3 is 0 Å². The lowest BCUT2D eigenvalue weighted by molar-refractivity contribution is -0.111. The Morgan fingerprint density at radius 1 is 1.12 bits per heavy atom. The van der Waals surface area contributed by atoms with E-state index in [0.717, 1.165) is 24.2 Å². The van der Waals surface area contributed by atoms with Gasteiger partial charge in [0.2, 0.25) is 5.91 Å². The first-order valence-electron chi connectivity index (χ1n) is 8.63. The van der Waals surface area contributed by atoms with Crippen LogP contribution in [0.25, 0.3) is 6.08 Å². The molecule has 5 heteroatoms. The number of methoxy groups -OCH3 is 1. The van der Waals surface area contributed by atoms with Gasteiger partial charge < -0.3 is 15.4 Å². The first-order valence-corrected chi connectivity index (χ1v) is 8.63. The molecule has 0 aliphatic carbocycles. The summed E-state index contributed by atoms with van der Waals surface area (Å²) < 4.78 is 5.10. The fraction of sp³-hybridized carbons (Fsp3) is 0.238. The smallest absolute Gasteiger partial charge is 0.251 e. The zero-order valence-corrected chi connectivity index (χ0v) is 15.1. The highest BCUT2D eigenvalue weighted by atomic mass is 16.5. The number of benzene rings is 2. The number of amides is 2. The molecule has 5 nitrogen and oxygen atoms in total. The second-order valence-corrected chi connectivity index (χ2v) is 5.79. The number of rotatable bonds is 8. The molecule has 136 valence electrons. The van der Waals surface area contributed by atoms with Gasteiger partial charge in [0.15, 0.2) is 0 Å². The molecular formula is C21H24N2O3. The Morgan fingerprint density at radius 2 is 1.88 bits per heavy atom. The summed E-state index contributed by atoms with van der Waals surface area (Å²) in [6.07, 6.45) is 5.14.